The molecule has 1 aromatic carbocycles. The second kappa shape index (κ2) is 13.0. The van der Waals surface area contributed by atoms with Gasteiger partial charge in [0.15, 0.2) is 0 Å². The van der Waals surface area contributed by atoms with Gasteiger partial charge < -0.3 is 0 Å². The van der Waals surface area contributed by atoms with Gasteiger partial charge in [0.2, 0.25) is 0 Å². The number of benzene rings is 1. The first-order chi connectivity index (χ1) is 13.2. The van der Waals surface area contributed by atoms with Crippen LogP contribution in [0.2, 0.25) is 0 Å². The molecule has 2 atom stereocenters. The van der Waals surface area contributed by atoms with E-state index in [0.29, 0.717) is 24.4 Å². The number of piperidine rings is 1. The fraction of sp³-hybridized carbons (Fsp3) is 0.652. The number of allylic oxidation sites excluding steroid dienone is 2. The average molecular weight is 475 g/mol. The van der Waals surface area contributed by atoms with Crippen LogP contribution < -0.4 is 0 Å². The van der Waals surface area contributed by atoms with Gasteiger partial charge in [0.05, 0.1) is 0 Å². The molecule has 0 N–H and O–H groups in total. The third-order valence-electron chi connectivity index (χ3n) is 5.82. The Morgan fingerprint density at radius 3 is 2.33 bits per heavy atom. The van der Waals surface area contributed by atoms with Crippen molar-refractivity contribution in [3.63, 3.8) is 0 Å². The van der Waals surface area contributed by atoms with Crippen molar-refractivity contribution in [2.75, 3.05) is 27.3 Å². The Morgan fingerprint density at radius 2 is 1.74 bits per heavy atom. The first-order valence-corrected chi connectivity index (χ1v) is 13.5. The number of likely N-dealkylation sites (tertiary alicyclic amines) is 1. The summed E-state index contributed by atoms with van der Waals surface area (Å²) in [4.78, 5) is 2.60. The van der Waals surface area contributed by atoms with Gasteiger partial charge in [-0.15, -0.1) is 0 Å². The molecule has 0 saturated carbocycles. The normalized spacial score (nSPS) is 19.1. The molecular weight excluding hydrogens is 437 g/mol. The molecule has 27 heavy (non-hydrogen) atoms. The number of hydrogen-bond donors (Lipinski definition) is 0. The first kappa shape index (κ1) is 23.0. The van der Waals surface area contributed by atoms with Crippen LogP contribution in [0.25, 0.3) is 0 Å². The first-order valence-electron chi connectivity index (χ1n) is 10.6. The number of methoxy groups -OCH3 is 2. The molecule has 2 rings (SSSR count). The Balaban J connectivity index is 1.74. The summed E-state index contributed by atoms with van der Waals surface area (Å²) in [6, 6.07) is 10.9. The van der Waals surface area contributed by atoms with Gasteiger partial charge in [-0.2, -0.15) is 0 Å². The molecule has 0 aromatic heterocycles. The van der Waals surface area contributed by atoms with Gasteiger partial charge in [-0.1, -0.05) is 0 Å². The summed E-state index contributed by atoms with van der Waals surface area (Å²) < 4.78 is 13.1. The third kappa shape index (κ3) is 8.31. The molecule has 1 fully saturated rings. The van der Waals surface area contributed by atoms with E-state index in [-0.39, 0.29) is 12.2 Å². The summed E-state index contributed by atoms with van der Waals surface area (Å²) in [5, 5.41) is 0. The van der Waals surface area contributed by atoms with E-state index < -0.39 is 0 Å². The van der Waals surface area contributed by atoms with Crippen molar-refractivity contribution in [2.45, 2.75) is 64.2 Å². The Kier molecular flexibility index (Phi) is 11.1. The van der Waals surface area contributed by atoms with Gasteiger partial charge in [-0.3, -0.25) is 0 Å². The van der Waals surface area contributed by atoms with Gasteiger partial charge in [-0.05, 0) is 0 Å². The van der Waals surface area contributed by atoms with Crippen molar-refractivity contribution in [2.24, 2.45) is 5.92 Å². The molecule has 0 radical (unpaired) electrons. The fourth-order valence-corrected chi connectivity index (χ4v) is 6.34. The van der Waals surface area contributed by atoms with Crippen LogP contribution in [-0.4, -0.2) is 68.8 Å². The number of nitrogens with zero attached hydrogens (tertiary/aromatic N) is 1. The molecular formula is C23H38InNO2. The SMILES string of the molecule is CCCC(OC)C(CC[C]([InH2])=CC1CCN(Cc2ccccc2)CC1)OC. The maximum absolute atomic E-state index is 5.73. The molecule has 1 aliphatic heterocycles. The topological polar surface area (TPSA) is 21.7 Å². The van der Waals surface area contributed by atoms with Crippen molar-refractivity contribution >= 4 is 24.4 Å². The van der Waals surface area contributed by atoms with Crippen molar-refractivity contribution < 1.29 is 9.47 Å². The van der Waals surface area contributed by atoms with Crippen molar-refractivity contribution in [1.29, 1.82) is 0 Å². The van der Waals surface area contributed by atoms with Gasteiger partial charge in [-0.25, -0.2) is 0 Å². The predicted molar refractivity (Wildman–Crippen MR) is 117 cm³/mol. The molecule has 0 amide bonds. The van der Waals surface area contributed by atoms with Gasteiger partial charge in [0.1, 0.15) is 0 Å². The predicted octanol–water partition coefficient (Wildman–Crippen LogP) is 4.03. The number of ether oxygens (including phenoxy) is 2. The molecule has 1 aliphatic rings. The van der Waals surface area contributed by atoms with Crippen LogP contribution in [0.15, 0.2) is 39.7 Å². The van der Waals surface area contributed by atoms with E-state index in [1.165, 1.54) is 37.9 Å². The quantitative estimate of drug-likeness (QED) is 0.483. The monoisotopic (exact) mass is 475 g/mol. The molecule has 0 bridgehead atoms. The Labute approximate surface area is 181 Å². The molecule has 0 aliphatic carbocycles. The van der Waals surface area contributed by atoms with Crippen molar-refractivity contribution in [1.82, 2.24) is 4.90 Å². The molecule has 1 saturated heterocycles. The number of hydrogen-bond acceptors (Lipinski definition) is 3. The molecule has 1 aromatic rings. The van der Waals surface area contributed by atoms with E-state index >= 15 is 0 Å². The summed E-state index contributed by atoms with van der Waals surface area (Å²) in [6.07, 6.45) is 10.2. The standard InChI is InChI=1S/C23H36NO2.In.2H/c1-4-10-22(25-2)23(26-3)14-9-8-11-20-15-17-24(18-16-20)19-21-12-6-5-7-13-21;;;/h5-7,11-13,20,22-23H,4,9-10,14-19H2,1-3H3;;;. The Hall–Kier alpha value is -0.290. The van der Waals surface area contributed by atoms with E-state index in [2.05, 4.69) is 48.2 Å². The summed E-state index contributed by atoms with van der Waals surface area (Å²) >= 11 is 0.581. The molecule has 4 heteroatoms. The maximum atomic E-state index is 5.73. The van der Waals surface area contributed by atoms with E-state index in [9.17, 15) is 0 Å². The van der Waals surface area contributed by atoms with Crippen molar-refractivity contribution in [3.8, 4) is 0 Å². The van der Waals surface area contributed by atoms with Crippen LogP contribution in [0.4, 0.5) is 0 Å². The van der Waals surface area contributed by atoms with Gasteiger partial charge in [0.25, 0.3) is 0 Å². The number of rotatable bonds is 11. The fourth-order valence-electron chi connectivity index (χ4n) is 4.17. The Bertz CT molecular complexity index is 541. The zero-order chi connectivity index (χ0) is 19.5. The van der Waals surface area contributed by atoms with Crippen LogP contribution in [0.5, 0.6) is 0 Å². The second-order valence-electron chi connectivity index (χ2n) is 7.99. The molecule has 150 valence electrons. The van der Waals surface area contributed by atoms with E-state index in [1.807, 2.05) is 14.2 Å². The summed E-state index contributed by atoms with van der Waals surface area (Å²) in [5.74, 6) is 0.781. The van der Waals surface area contributed by atoms with E-state index in [4.69, 9.17) is 9.47 Å². The van der Waals surface area contributed by atoms with Crippen LogP contribution in [0.3, 0.4) is 0 Å². The zero-order valence-corrected chi connectivity index (χ0v) is 23.5. The average Bonchev–Trinajstić information content (AvgIpc) is 2.70. The van der Waals surface area contributed by atoms with Crippen molar-refractivity contribution in [3.05, 3.63) is 45.3 Å². The zero-order valence-electron chi connectivity index (χ0n) is 17.8. The van der Waals surface area contributed by atoms with Crippen LogP contribution in [-0.2, 0) is 16.0 Å². The van der Waals surface area contributed by atoms with Crippen LogP contribution in [0.1, 0.15) is 51.0 Å². The second-order valence-corrected chi connectivity index (χ2v) is 11.7. The molecule has 0 spiro atoms. The molecule has 3 nitrogen and oxygen atoms in total. The van der Waals surface area contributed by atoms with Gasteiger partial charge in [0, 0.05) is 0 Å². The van der Waals surface area contributed by atoms with Crippen LogP contribution in [0, 0.1) is 5.92 Å². The minimum atomic E-state index is 0.234. The van der Waals surface area contributed by atoms with Gasteiger partial charge >= 0.3 is 181 Å². The minimum absolute atomic E-state index is 0.234. The molecule has 2 unspecified atom stereocenters. The summed E-state index contributed by atoms with van der Waals surface area (Å²) in [5.41, 5.74) is 1.43. The van der Waals surface area contributed by atoms with Crippen LogP contribution >= 0.6 is 0 Å². The summed E-state index contributed by atoms with van der Waals surface area (Å²) in [6.45, 7) is 5.76. The molecule has 1 heterocycles. The Morgan fingerprint density at radius 1 is 1.11 bits per heavy atom. The third-order valence-corrected chi connectivity index (χ3v) is 8.20. The van der Waals surface area contributed by atoms with E-state index in [1.54, 1.807) is 3.33 Å². The summed E-state index contributed by atoms with van der Waals surface area (Å²) in [7, 11) is 3.65. The van der Waals surface area contributed by atoms with E-state index in [0.717, 1.165) is 31.7 Å².